The van der Waals surface area contributed by atoms with Crippen molar-refractivity contribution in [3.8, 4) is 0 Å². The predicted molar refractivity (Wildman–Crippen MR) is 78.9 cm³/mol. The molecule has 1 unspecified atom stereocenters. The van der Waals surface area contributed by atoms with Gasteiger partial charge in [-0.1, -0.05) is 37.3 Å². The Balaban J connectivity index is 1.84. The summed E-state index contributed by atoms with van der Waals surface area (Å²) in [4.78, 5) is 7.00. The van der Waals surface area contributed by atoms with Gasteiger partial charge in [0, 0.05) is 25.4 Å². The average molecular weight is 293 g/mol. The molecule has 0 aliphatic heterocycles. The molecule has 1 aromatic carbocycles. The zero-order valence-electron chi connectivity index (χ0n) is 11.4. The van der Waals surface area contributed by atoms with E-state index in [1.54, 1.807) is 12.4 Å². The summed E-state index contributed by atoms with van der Waals surface area (Å²) in [5.74, 6) is 0.843. The van der Waals surface area contributed by atoms with Crippen LogP contribution in [-0.4, -0.2) is 30.7 Å². The lowest BCUT2D eigenvalue weighted by Crippen LogP contribution is -2.30. The maximum Gasteiger partial charge on any atom is 0.212 e. The minimum atomic E-state index is -3.27. The van der Waals surface area contributed by atoms with E-state index in [9.17, 15) is 8.42 Å². The van der Waals surface area contributed by atoms with Gasteiger partial charge in [-0.3, -0.25) is 0 Å². The molecule has 5 nitrogen and oxygen atoms in total. The SMILES string of the molecule is CC(CS(=O)(=O)NCCc1ncc[nH]1)c1ccccc1. The lowest BCUT2D eigenvalue weighted by atomic mass is 10.0. The summed E-state index contributed by atoms with van der Waals surface area (Å²) in [6.07, 6.45) is 3.94. The second-order valence-corrected chi connectivity index (χ2v) is 6.62. The molecular weight excluding hydrogens is 274 g/mol. The summed E-state index contributed by atoms with van der Waals surface area (Å²) >= 11 is 0. The highest BCUT2D eigenvalue weighted by molar-refractivity contribution is 7.89. The van der Waals surface area contributed by atoms with Gasteiger partial charge in [0.2, 0.25) is 10.0 Å². The van der Waals surface area contributed by atoms with Crippen LogP contribution in [0.1, 0.15) is 24.2 Å². The Morgan fingerprint density at radius 2 is 2.05 bits per heavy atom. The van der Waals surface area contributed by atoms with Crippen LogP contribution < -0.4 is 4.72 Å². The molecule has 0 saturated heterocycles. The summed E-state index contributed by atoms with van der Waals surface area (Å²) in [5, 5.41) is 0. The van der Waals surface area contributed by atoms with E-state index in [2.05, 4.69) is 14.7 Å². The van der Waals surface area contributed by atoms with Crippen LogP contribution in [-0.2, 0) is 16.4 Å². The Labute approximate surface area is 119 Å². The zero-order chi connectivity index (χ0) is 14.4. The highest BCUT2D eigenvalue weighted by atomic mass is 32.2. The summed E-state index contributed by atoms with van der Waals surface area (Å²) < 4.78 is 26.6. The molecule has 0 aliphatic carbocycles. The lowest BCUT2D eigenvalue weighted by molar-refractivity contribution is 0.575. The Morgan fingerprint density at radius 3 is 2.70 bits per heavy atom. The molecule has 0 bridgehead atoms. The summed E-state index contributed by atoms with van der Waals surface area (Å²) in [6, 6.07) is 9.66. The van der Waals surface area contributed by atoms with Crippen LogP contribution >= 0.6 is 0 Å². The van der Waals surface area contributed by atoms with Crippen molar-refractivity contribution in [3.05, 3.63) is 54.1 Å². The van der Waals surface area contributed by atoms with Gasteiger partial charge in [-0.2, -0.15) is 0 Å². The van der Waals surface area contributed by atoms with E-state index in [4.69, 9.17) is 0 Å². The normalized spacial score (nSPS) is 13.2. The third-order valence-corrected chi connectivity index (χ3v) is 4.66. The smallest absolute Gasteiger partial charge is 0.212 e. The molecule has 0 spiro atoms. The van der Waals surface area contributed by atoms with Gasteiger partial charge in [0.15, 0.2) is 0 Å². The topological polar surface area (TPSA) is 74.8 Å². The number of rotatable bonds is 7. The maximum absolute atomic E-state index is 12.0. The first kappa shape index (κ1) is 14.7. The van der Waals surface area contributed by atoms with Gasteiger partial charge in [0.05, 0.1) is 5.75 Å². The van der Waals surface area contributed by atoms with Crippen LogP contribution in [0, 0.1) is 0 Å². The minimum Gasteiger partial charge on any atom is -0.349 e. The van der Waals surface area contributed by atoms with Crippen molar-refractivity contribution in [2.45, 2.75) is 19.3 Å². The van der Waals surface area contributed by atoms with Crippen molar-refractivity contribution < 1.29 is 8.42 Å². The molecule has 2 N–H and O–H groups in total. The Bertz CT molecular complexity index is 609. The number of imidazole rings is 1. The third-order valence-electron chi connectivity index (χ3n) is 3.08. The monoisotopic (exact) mass is 293 g/mol. The molecule has 2 aromatic rings. The first-order valence-corrected chi connectivity index (χ1v) is 8.22. The van der Waals surface area contributed by atoms with Gasteiger partial charge in [0.25, 0.3) is 0 Å². The predicted octanol–water partition coefficient (Wildman–Crippen LogP) is 1.68. The number of hydrogen-bond acceptors (Lipinski definition) is 3. The lowest BCUT2D eigenvalue weighted by Gasteiger charge is -2.13. The number of sulfonamides is 1. The Morgan fingerprint density at radius 1 is 1.30 bits per heavy atom. The van der Waals surface area contributed by atoms with Crippen LogP contribution in [0.5, 0.6) is 0 Å². The van der Waals surface area contributed by atoms with Crippen LogP contribution in [0.4, 0.5) is 0 Å². The molecular formula is C14H19N3O2S. The molecule has 108 valence electrons. The van der Waals surface area contributed by atoms with E-state index >= 15 is 0 Å². The van der Waals surface area contributed by atoms with Gasteiger partial charge in [0.1, 0.15) is 5.82 Å². The standard InChI is InChI=1S/C14H19N3O2S/c1-12(13-5-3-2-4-6-13)11-20(18,19)17-8-7-14-15-9-10-16-14/h2-6,9-10,12,17H,7-8,11H2,1H3,(H,15,16). The second kappa shape index (κ2) is 6.67. The minimum absolute atomic E-state index is 0.0303. The molecule has 0 radical (unpaired) electrons. The molecule has 0 fully saturated rings. The van der Waals surface area contributed by atoms with Crippen LogP contribution in [0.2, 0.25) is 0 Å². The fraction of sp³-hybridized carbons (Fsp3) is 0.357. The summed E-state index contributed by atoms with van der Waals surface area (Å²) in [5.41, 5.74) is 1.03. The van der Waals surface area contributed by atoms with Gasteiger partial charge in [-0.15, -0.1) is 0 Å². The van der Waals surface area contributed by atoms with Gasteiger partial charge in [-0.05, 0) is 11.5 Å². The highest BCUT2D eigenvalue weighted by Gasteiger charge is 2.16. The quantitative estimate of drug-likeness (QED) is 0.815. The molecule has 1 aromatic heterocycles. The first-order valence-electron chi connectivity index (χ1n) is 6.57. The molecule has 1 atom stereocenters. The van der Waals surface area contributed by atoms with E-state index in [-0.39, 0.29) is 11.7 Å². The molecule has 20 heavy (non-hydrogen) atoms. The van der Waals surface area contributed by atoms with E-state index in [1.807, 2.05) is 37.3 Å². The van der Waals surface area contributed by atoms with E-state index in [0.29, 0.717) is 13.0 Å². The first-order chi connectivity index (χ1) is 9.57. The molecule has 1 heterocycles. The largest absolute Gasteiger partial charge is 0.349 e. The number of nitrogens with zero attached hydrogens (tertiary/aromatic N) is 1. The number of H-pyrrole nitrogens is 1. The number of nitrogens with one attached hydrogen (secondary N) is 2. The fourth-order valence-corrected chi connectivity index (χ4v) is 3.41. The molecule has 6 heteroatoms. The number of hydrogen-bond donors (Lipinski definition) is 2. The highest BCUT2D eigenvalue weighted by Crippen LogP contribution is 2.16. The van der Waals surface area contributed by atoms with Crippen LogP contribution in [0.15, 0.2) is 42.7 Å². The summed E-state index contributed by atoms with van der Waals surface area (Å²) in [7, 11) is -3.27. The van der Waals surface area contributed by atoms with Gasteiger partial charge in [-0.25, -0.2) is 18.1 Å². The zero-order valence-corrected chi connectivity index (χ0v) is 12.2. The molecule has 0 amide bonds. The van der Waals surface area contributed by atoms with E-state index in [1.165, 1.54) is 0 Å². The number of aromatic amines is 1. The molecule has 2 rings (SSSR count). The third kappa shape index (κ3) is 4.47. The van der Waals surface area contributed by atoms with Crippen LogP contribution in [0.3, 0.4) is 0 Å². The van der Waals surface area contributed by atoms with Crippen molar-refractivity contribution in [2.75, 3.05) is 12.3 Å². The van der Waals surface area contributed by atoms with Crippen molar-refractivity contribution in [1.82, 2.24) is 14.7 Å². The summed E-state index contributed by atoms with van der Waals surface area (Å²) in [6.45, 7) is 2.28. The molecule has 0 aliphatic rings. The van der Waals surface area contributed by atoms with Crippen molar-refractivity contribution in [2.24, 2.45) is 0 Å². The van der Waals surface area contributed by atoms with Gasteiger partial charge < -0.3 is 4.98 Å². The fourth-order valence-electron chi connectivity index (χ4n) is 2.03. The van der Waals surface area contributed by atoms with E-state index < -0.39 is 10.0 Å². The van der Waals surface area contributed by atoms with Crippen molar-refractivity contribution in [1.29, 1.82) is 0 Å². The van der Waals surface area contributed by atoms with Crippen molar-refractivity contribution >= 4 is 10.0 Å². The Hall–Kier alpha value is -1.66. The van der Waals surface area contributed by atoms with Crippen LogP contribution in [0.25, 0.3) is 0 Å². The van der Waals surface area contributed by atoms with E-state index in [0.717, 1.165) is 11.4 Å². The van der Waals surface area contributed by atoms with Gasteiger partial charge >= 0.3 is 0 Å². The maximum atomic E-state index is 12.0. The number of aromatic nitrogens is 2. The average Bonchev–Trinajstić information content (AvgIpc) is 2.92. The number of benzene rings is 1. The second-order valence-electron chi connectivity index (χ2n) is 4.77. The Kier molecular flexibility index (Phi) is 4.92. The molecule has 0 saturated carbocycles. The van der Waals surface area contributed by atoms with Crippen molar-refractivity contribution in [3.63, 3.8) is 0 Å².